The third kappa shape index (κ3) is 4.84. The summed E-state index contributed by atoms with van der Waals surface area (Å²) in [7, 11) is -2.09. The summed E-state index contributed by atoms with van der Waals surface area (Å²) in [6.45, 7) is 0.812. The molecule has 0 bridgehead atoms. The van der Waals surface area contributed by atoms with E-state index in [2.05, 4.69) is 4.98 Å². The number of ether oxygens (including phenoxy) is 1. The fourth-order valence-electron chi connectivity index (χ4n) is 4.43. The maximum absolute atomic E-state index is 14.0. The first-order valence-electron chi connectivity index (χ1n) is 11.7. The first-order chi connectivity index (χ1) is 17.5. The van der Waals surface area contributed by atoms with Crippen molar-refractivity contribution in [2.45, 2.75) is 24.3 Å². The molecule has 2 aromatic heterocycles. The van der Waals surface area contributed by atoms with Crippen LogP contribution in [0.4, 0.5) is 5.13 Å². The quantitative estimate of drug-likeness (QED) is 0.359. The molecule has 1 aliphatic rings. The van der Waals surface area contributed by atoms with E-state index in [-0.39, 0.29) is 23.9 Å². The average Bonchev–Trinajstić information content (AvgIpc) is 3.37. The van der Waals surface area contributed by atoms with Gasteiger partial charge in [-0.05, 0) is 48.7 Å². The second-order valence-corrected chi connectivity index (χ2v) is 11.6. The number of methoxy groups -OCH3 is 1. The number of carbonyl (C=O) groups is 1. The smallest absolute Gasteiger partial charge is 0.243 e. The first kappa shape index (κ1) is 24.4. The van der Waals surface area contributed by atoms with E-state index < -0.39 is 15.9 Å². The van der Waals surface area contributed by atoms with Crippen LogP contribution in [0.5, 0.6) is 5.75 Å². The van der Waals surface area contributed by atoms with Crippen molar-refractivity contribution in [2.75, 3.05) is 25.1 Å². The summed E-state index contributed by atoms with van der Waals surface area (Å²) in [6.07, 6.45) is 4.63. The monoisotopic (exact) mass is 522 g/mol. The molecule has 0 N–H and O–H groups in total. The topological polar surface area (TPSA) is 92.7 Å². The van der Waals surface area contributed by atoms with Gasteiger partial charge in [0.05, 0.1) is 29.2 Å². The summed E-state index contributed by atoms with van der Waals surface area (Å²) in [5, 5.41) is 0.548. The molecule has 0 saturated carbocycles. The molecule has 1 unspecified atom stereocenters. The summed E-state index contributed by atoms with van der Waals surface area (Å²) in [4.78, 5) is 24.8. The number of benzene rings is 2. The van der Waals surface area contributed by atoms with Crippen LogP contribution in [0.25, 0.3) is 10.2 Å². The number of sulfonamides is 1. The van der Waals surface area contributed by atoms with Gasteiger partial charge < -0.3 is 4.74 Å². The number of piperidine rings is 1. The number of aromatic nitrogens is 2. The number of anilines is 1. The van der Waals surface area contributed by atoms with Crippen molar-refractivity contribution in [1.29, 1.82) is 0 Å². The fraction of sp³-hybridized carbons (Fsp3) is 0.269. The maximum Gasteiger partial charge on any atom is 0.243 e. The van der Waals surface area contributed by atoms with E-state index in [9.17, 15) is 13.2 Å². The third-order valence-electron chi connectivity index (χ3n) is 6.27. The van der Waals surface area contributed by atoms with E-state index in [1.807, 2.05) is 30.3 Å². The lowest BCUT2D eigenvalue weighted by Crippen LogP contribution is -2.46. The molecule has 4 aromatic rings. The van der Waals surface area contributed by atoms with Gasteiger partial charge in [-0.1, -0.05) is 41.7 Å². The van der Waals surface area contributed by atoms with E-state index in [1.54, 1.807) is 54.7 Å². The largest absolute Gasteiger partial charge is 0.494 e. The Hall–Kier alpha value is -3.34. The first-order valence-corrected chi connectivity index (χ1v) is 13.9. The van der Waals surface area contributed by atoms with Crippen LogP contribution >= 0.6 is 11.3 Å². The summed E-state index contributed by atoms with van der Waals surface area (Å²) in [5.41, 5.74) is 1.56. The molecule has 1 aliphatic heterocycles. The Bertz CT molecular complexity index is 1460. The maximum atomic E-state index is 14.0. The Kier molecular flexibility index (Phi) is 6.99. The van der Waals surface area contributed by atoms with Gasteiger partial charge in [-0.2, -0.15) is 4.31 Å². The molecule has 8 nitrogen and oxygen atoms in total. The van der Waals surface area contributed by atoms with Crippen LogP contribution < -0.4 is 9.64 Å². The second kappa shape index (κ2) is 10.3. The fourth-order valence-corrected chi connectivity index (χ4v) is 6.96. The van der Waals surface area contributed by atoms with Gasteiger partial charge in [0.15, 0.2) is 5.13 Å². The lowest BCUT2D eigenvalue weighted by atomic mass is 9.98. The molecule has 0 aliphatic carbocycles. The standard InChI is InChI=1S/C26H26N4O4S2/c1-34-22-12-5-13-23-24(22)28-26(35-23)30(17-19-8-6-14-27-16-19)25(31)20-9-7-15-29(18-20)36(32,33)21-10-3-2-4-11-21/h2-6,8,10-14,16,20H,7,9,15,17-18H2,1H3. The molecule has 2 aromatic carbocycles. The number of thiazole rings is 1. The van der Waals surface area contributed by atoms with Crippen molar-refractivity contribution >= 4 is 42.6 Å². The van der Waals surface area contributed by atoms with Gasteiger partial charge in [-0.25, -0.2) is 13.4 Å². The van der Waals surface area contributed by atoms with E-state index in [0.29, 0.717) is 35.8 Å². The van der Waals surface area contributed by atoms with Gasteiger partial charge in [-0.15, -0.1) is 0 Å². The number of nitrogens with zero attached hydrogens (tertiary/aromatic N) is 4. The lowest BCUT2D eigenvalue weighted by molar-refractivity contribution is -0.123. The van der Waals surface area contributed by atoms with Gasteiger partial charge in [0.25, 0.3) is 0 Å². The van der Waals surface area contributed by atoms with E-state index in [0.717, 1.165) is 10.3 Å². The van der Waals surface area contributed by atoms with Crippen molar-refractivity contribution in [1.82, 2.24) is 14.3 Å². The van der Waals surface area contributed by atoms with Crippen LogP contribution in [-0.4, -0.2) is 48.8 Å². The molecule has 1 saturated heterocycles. The highest BCUT2D eigenvalue weighted by atomic mass is 32.2. The van der Waals surface area contributed by atoms with Gasteiger partial charge in [-0.3, -0.25) is 14.7 Å². The second-order valence-electron chi connectivity index (χ2n) is 8.60. The van der Waals surface area contributed by atoms with Gasteiger partial charge in [0.1, 0.15) is 11.3 Å². The molecule has 1 amide bonds. The molecule has 0 radical (unpaired) electrons. The predicted molar refractivity (Wildman–Crippen MR) is 140 cm³/mol. The minimum absolute atomic E-state index is 0.133. The Morgan fingerprint density at radius 2 is 1.97 bits per heavy atom. The number of pyridine rings is 1. The highest BCUT2D eigenvalue weighted by Crippen LogP contribution is 2.36. The molecule has 36 heavy (non-hydrogen) atoms. The van der Waals surface area contributed by atoms with Crippen LogP contribution in [0.15, 0.2) is 78.0 Å². The lowest BCUT2D eigenvalue weighted by Gasteiger charge is -2.33. The van der Waals surface area contributed by atoms with Crippen molar-refractivity contribution in [3.63, 3.8) is 0 Å². The van der Waals surface area contributed by atoms with E-state index >= 15 is 0 Å². The number of fused-ring (bicyclic) bond motifs is 1. The van der Waals surface area contributed by atoms with Gasteiger partial charge >= 0.3 is 0 Å². The molecule has 1 atom stereocenters. The SMILES string of the molecule is COc1cccc2sc(N(Cc3cccnc3)C(=O)C3CCCN(S(=O)(=O)c4ccccc4)C3)nc12. The third-order valence-corrected chi connectivity index (χ3v) is 9.19. The molecule has 5 rings (SSSR count). The Morgan fingerprint density at radius 3 is 2.72 bits per heavy atom. The van der Waals surface area contributed by atoms with Crippen molar-refractivity contribution in [3.05, 3.63) is 78.6 Å². The molecule has 186 valence electrons. The van der Waals surface area contributed by atoms with Crippen molar-refractivity contribution < 1.29 is 17.9 Å². The Labute approximate surface area is 214 Å². The number of hydrogen-bond acceptors (Lipinski definition) is 7. The molecule has 3 heterocycles. The number of para-hydroxylation sites is 1. The van der Waals surface area contributed by atoms with Gasteiger partial charge in [0.2, 0.25) is 15.9 Å². The minimum Gasteiger partial charge on any atom is -0.494 e. The number of hydrogen-bond donors (Lipinski definition) is 0. The van der Waals surface area contributed by atoms with Crippen LogP contribution in [0, 0.1) is 5.92 Å². The zero-order valence-corrected chi connectivity index (χ0v) is 21.4. The normalized spacial score (nSPS) is 16.6. The summed E-state index contributed by atoms with van der Waals surface area (Å²) >= 11 is 1.41. The van der Waals surface area contributed by atoms with Crippen molar-refractivity contribution in [3.8, 4) is 5.75 Å². The molecule has 1 fully saturated rings. The van der Waals surface area contributed by atoms with Crippen LogP contribution in [0.3, 0.4) is 0 Å². The van der Waals surface area contributed by atoms with Crippen LogP contribution in [-0.2, 0) is 21.4 Å². The van der Waals surface area contributed by atoms with Crippen LogP contribution in [0.1, 0.15) is 18.4 Å². The number of amides is 1. The van der Waals surface area contributed by atoms with E-state index in [1.165, 1.54) is 15.6 Å². The molecule has 10 heteroatoms. The highest BCUT2D eigenvalue weighted by Gasteiger charge is 2.36. The Morgan fingerprint density at radius 1 is 1.14 bits per heavy atom. The Balaban J connectivity index is 1.47. The molecular weight excluding hydrogens is 496 g/mol. The van der Waals surface area contributed by atoms with Crippen LogP contribution in [0.2, 0.25) is 0 Å². The predicted octanol–water partition coefficient (Wildman–Crippen LogP) is 4.33. The number of carbonyl (C=O) groups excluding carboxylic acids is 1. The minimum atomic E-state index is -3.68. The molecular formula is C26H26N4O4S2. The average molecular weight is 523 g/mol. The number of rotatable bonds is 7. The van der Waals surface area contributed by atoms with E-state index in [4.69, 9.17) is 9.72 Å². The highest BCUT2D eigenvalue weighted by molar-refractivity contribution is 7.89. The summed E-state index contributed by atoms with van der Waals surface area (Å²) < 4.78 is 34.3. The zero-order chi connectivity index (χ0) is 25.1. The molecule has 0 spiro atoms. The van der Waals surface area contributed by atoms with Crippen molar-refractivity contribution in [2.24, 2.45) is 5.92 Å². The summed E-state index contributed by atoms with van der Waals surface area (Å²) in [6, 6.07) is 17.8. The zero-order valence-electron chi connectivity index (χ0n) is 19.8. The summed E-state index contributed by atoms with van der Waals surface area (Å²) in [5.74, 6) is 0.00854. The van der Waals surface area contributed by atoms with Gasteiger partial charge in [0, 0.05) is 25.5 Å².